The van der Waals surface area contributed by atoms with Crippen LogP contribution < -0.4 is 5.32 Å². The van der Waals surface area contributed by atoms with Gasteiger partial charge in [-0.05, 0) is 51.4 Å². The highest BCUT2D eigenvalue weighted by molar-refractivity contribution is 5.77. The van der Waals surface area contributed by atoms with Gasteiger partial charge in [0.25, 0.3) is 0 Å². The minimum atomic E-state index is -0.784. The summed E-state index contributed by atoms with van der Waals surface area (Å²) in [5, 5.41) is 23.9. The Morgan fingerprint density at radius 2 is 0.750 bits per heavy atom. The van der Waals surface area contributed by atoms with E-state index >= 15 is 0 Å². The summed E-state index contributed by atoms with van der Waals surface area (Å²) in [6, 6.07) is -0.697. The van der Waals surface area contributed by atoms with E-state index < -0.39 is 18.2 Å². The lowest BCUT2D eigenvalue weighted by Gasteiger charge is -2.24. The molecule has 0 fully saturated rings. The van der Waals surface area contributed by atoms with Crippen molar-refractivity contribution in [1.82, 2.24) is 5.32 Å². The second kappa shape index (κ2) is 52.6. The fourth-order valence-electron chi connectivity index (χ4n) is 9.19. The number of amides is 1. The molecule has 3 N–H and O–H groups in total. The van der Waals surface area contributed by atoms with E-state index in [1.165, 1.54) is 225 Å². The van der Waals surface area contributed by atoms with Gasteiger partial charge in [-0.3, -0.25) is 9.59 Å². The Morgan fingerprint density at radius 1 is 0.438 bits per heavy atom. The normalized spacial score (nSPS) is 13.1. The highest BCUT2D eigenvalue weighted by Gasteiger charge is 2.24. The van der Waals surface area contributed by atoms with Crippen LogP contribution in [0.15, 0.2) is 12.2 Å². The molecule has 0 aliphatic carbocycles. The Balaban J connectivity index is 4.49. The Labute approximate surface area is 399 Å². The van der Waals surface area contributed by atoms with E-state index in [9.17, 15) is 19.8 Å². The maximum absolute atomic E-state index is 13.3. The van der Waals surface area contributed by atoms with Gasteiger partial charge in [-0.15, -0.1) is 0 Å². The van der Waals surface area contributed by atoms with Gasteiger partial charge in [-0.2, -0.15) is 0 Å². The molecule has 0 aliphatic rings. The van der Waals surface area contributed by atoms with Crippen molar-refractivity contribution >= 4 is 11.9 Å². The Kier molecular flexibility index (Phi) is 51.4. The summed E-state index contributed by atoms with van der Waals surface area (Å²) >= 11 is 0. The number of hydrogen-bond acceptors (Lipinski definition) is 5. The molecule has 380 valence electrons. The largest absolute Gasteiger partial charge is 0.462 e. The van der Waals surface area contributed by atoms with Gasteiger partial charge in [0.05, 0.1) is 25.2 Å². The number of allylic oxidation sites excluding steroid dienone is 2. The van der Waals surface area contributed by atoms with E-state index in [-0.39, 0.29) is 24.9 Å². The average molecular weight is 905 g/mol. The summed E-state index contributed by atoms with van der Waals surface area (Å²) in [5.41, 5.74) is 0. The molecule has 1 amide bonds. The number of carbonyl (C=O) groups is 2. The molecule has 0 aromatic carbocycles. The molecular formula is C58H113NO5. The van der Waals surface area contributed by atoms with Crippen LogP contribution in [0, 0.1) is 0 Å². The number of aliphatic hydroxyl groups excluding tert-OH is 2. The van der Waals surface area contributed by atoms with E-state index in [4.69, 9.17) is 4.74 Å². The molecular weight excluding hydrogens is 791 g/mol. The number of unbranched alkanes of at least 4 members (excludes halogenated alkanes) is 39. The first-order valence-corrected chi connectivity index (χ1v) is 28.9. The minimum absolute atomic E-state index is 0.0822. The van der Waals surface area contributed by atoms with Crippen LogP contribution in [-0.4, -0.2) is 46.9 Å². The zero-order chi connectivity index (χ0) is 46.7. The quantitative estimate of drug-likeness (QED) is 0.0321. The van der Waals surface area contributed by atoms with Crippen molar-refractivity contribution in [2.75, 3.05) is 6.61 Å². The molecule has 0 saturated carbocycles. The van der Waals surface area contributed by atoms with Crippen molar-refractivity contribution in [3.8, 4) is 0 Å². The average Bonchev–Trinajstić information content (AvgIpc) is 3.29. The zero-order valence-corrected chi connectivity index (χ0v) is 43.4. The molecule has 6 nitrogen and oxygen atoms in total. The molecule has 0 saturated heterocycles. The lowest BCUT2D eigenvalue weighted by molar-refractivity contribution is -0.151. The number of rotatable bonds is 53. The number of hydrogen-bond donors (Lipinski definition) is 3. The van der Waals surface area contributed by atoms with E-state index in [2.05, 4.69) is 38.2 Å². The molecule has 0 aromatic rings. The van der Waals surface area contributed by atoms with E-state index in [1.807, 2.05) is 0 Å². The monoisotopic (exact) mass is 904 g/mol. The molecule has 0 aromatic heterocycles. The van der Waals surface area contributed by atoms with Gasteiger partial charge < -0.3 is 20.3 Å². The van der Waals surface area contributed by atoms with Crippen LogP contribution in [0.4, 0.5) is 0 Å². The third-order valence-electron chi connectivity index (χ3n) is 13.6. The second-order valence-corrected chi connectivity index (χ2v) is 20.1. The molecule has 64 heavy (non-hydrogen) atoms. The van der Waals surface area contributed by atoms with Gasteiger partial charge in [-0.1, -0.05) is 270 Å². The molecule has 3 atom stereocenters. The van der Waals surface area contributed by atoms with Crippen LogP contribution in [0.5, 0.6) is 0 Å². The topological polar surface area (TPSA) is 95.9 Å². The smallest absolute Gasteiger partial charge is 0.306 e. The van der Waals surface area contributed by atoms with Crippen molar-refractivity contribution in [3.05, 3.63) is 12.2 Å². The van der Waals surface area contributed by atoms with Crippen molar-refractivity contribution in [2.45, 2.75) is 341 Å². The Morgan fingerprint density at radius 3 is 1.11 bits per heavy atom. The van der Waals surface area contributed by atoms with Crippen LogP contribution in [-0.2, 0) is 14.3 Å². The maximum Gasteiger partial charge on any atom is 0.306 e. The van der Waals surface area contributed by atoms with Crippen LogP contribution in [0.1, 0.15) is 323 Å². The third kappa shape index (κ3) is 47.1. The Bertz CT molecular complexity index is 970. The summed E-state index contributed by atoms with van der Waals surface area (Å²) in [6.07, 6.45) is 59.9. The predicted molar refractivity (Wildman–Crippen MR) is 278 cm³/mol. The van der Waals surface area contributed by atoms with Crippen molar-refractivity contribution in [2.24, 2.45) is 0 Å². The molecule has 0 heterocycles. The summed E-state index contributed by atoms with van der Waals surface area (Å²) in [7, 11) is 0. The number of esters is 1. The number of aliphatic hydroxyl groups is 2. The van der Waals surface area contributed by atoms with E-state index in [0.717, 1.165) is 51.4 Å². The summed E-state index contributed by atoms with van der Waals surface area (Å²) < 4.78 is 5.96. The van der Waals surface area contributed by atoms with Crippen LogP contribution in [0.25, 0.3) is 0 Å². The fourth-order valence-corrected chi connectivity index (χ4v) is 9.19. The van der Waals surface area contributed by atoms with Crippen LogP contribution in [0.3, 0.4) is 0 Å². The van der Waals surface area contributed by atoms with E-state index in [0.29, 0.717) is 19.3 Å². The minimum Gasteiger partial charge on any atom is -0.462 e. The fraction of sp³-hybridized carbons (Fsp3) is 0.931. The van der Waals surface area contributed by atoms with Gasteiger partial charge in [0.2, 0.25) is 5.91 Å². The number of ether oxygens (including phenoxy) is 1. The molecule has 3 unspecified atom stereocenters. The number of carbonyl (C=O) groups excluding carboxylic acids is 2. The first-order valence-electron chi connectivity index (χ1n) is 28.9. The maximum atomic E-state index is 13.3. The molecule has 0 bridgehead atoms. The number of nitrogens with one attached hydrogen (secondary N) is 1. The summed E-state index contributed by atoms with van der Waals surface area (Å²) in [4.78, 5) is 26.2. The predicted octanol–water partition coefficient (Wildman–Crippen LogP) is 17.7. The SMILES string of the molecule is CCCCCCCC/C=C/CCCCCCCCCC(CC(=O)NC(CO)C(O)CCCCCCCCCCCCCCCCCC)OC(=O)CCCCCCCCCCCCCC. The molecule has 0 spiro atoms. The lowest BCUT2D eigenvalue weighted by atomic mass is 10.0. The van der Waals surface area contributed by atoms with Gasteiger partial charge in [0.15, 0.2) is 0 Å². The molecule has 0 aliphatic heterocycles. The summed E-state index contributed by atoms with van der Waals surface area (Å²) in [6.45, 7) is 6.52. The summed E-state index contributed by atoms with van der Waals surface area (Å²) in [5.74, 6) is -0.456. The molecule has 6 heteroatoms. The Hall–Kier alpha value is -1.40. The van der Waals surface area contributed by atoms with Gasteiger partial charge in [0, 0.05) is 6.42 Å². The second-order valence-electron chi connectivity index (χ2n) is 20.1. The first kappa shape index (κ1) is 62.6. The zero-order valence-electron chi connectivity index (χ0n) is 43.4. The van der Waals surface area contributed by atoms with E-state index in [1.54, 1.807) is 0 Å². The molecule has 0 radical (unpaired) electrons. The first-order chi connectivity index (χ1) is 31.5. The van der Waals surface area contributed by atoms with Gasteiger partial charge in [0.1, 0.15) is 6.10 Å². The highest BCUT2D eigenvalue weighted by Crippen LogP contribution is 2.19. The van der Waals surface area contributed by atoms with Gasteiger partial charge in [-0.25, -0.2) is 0 Å². The lowest BCUT2D eigenvalue weighted by Crippen LogP contribution is -2.46. The van der Waals surface area contributed by atoms with Crippen molar-refractivity contribution in [1.29, 1.82) is 0 Å². The van der Waals surface area contributed by atoms with Crippen LogP contribution >= 0.6 is 0 Å². The standard InChI is InChI=1S/C58H113NO5/c1-4-7-10-13-16-19-22-25-27-29-30-32-34-37-40-43-46-49-54(64-58(63)51-48-45-42-39-36-24-21-18-15-12-9-6-3)52-57(62)59-55(53-60)56(61)50-47-44-41-38-35-33-31-28-26-23-20-17-14-11-8-5-2/h25,27,54-56,60-61H,4-24,26,28-53H2,1-3H3,(H,59,62)/b27-25+. The van der Waals surface area contributed by atoms with Gasteiger partial charge >= 0.3 is 5.97 Å². The highest BCUT2D eigenvalue weighted by atomic mass is 16.5. The van der Waals surface area contributed by atoms with Crippen molar-refractivity contribution < 1.29 is 24.5 Å². The molecule has 0 rings (SSSR count). The third-order valence-corrected chi connectivity index (χ3v) is 13.6. The van der Waals surface area contributed by atoms with Crippen LogP contribution in [0.2, 0.25) is 0 Å². The van der Waals surface area contributed by atoms with Crippen molar-refractivity contribution in [3.63, 3.8) is 0 Å².